The fourth-order valence-electron chi connectivity index (χ4n) is 7.34. The maximum Gasteiger partial charge on any atom is 0.136 e. The highest BCUT2D eigenvalue weighted by molar-refractivity contribution is 6.05. The van der Waals surface area contributed by atoms with Gasteiger partial charge in [-0.15, -0.1) is 0 Å². The summed E-state index contributed by atoms with van der Waals surface area (Å²) in [6, 6.07) is 60.9. The Kier molecular flexibility index (Phi) is 5.76. The molecule has 9 rings (SSSR count). The normalized spacial score (nSPS) is 13.1. The lowest BCUT2D eigenvalue weighted by molar-refractivity contribution is 0.669. The van der Waals surface area contributed by atoms with Crippen LogP contribution in [-0.2, 0) is 5.41 Å². The molecule has 0 spiro atoms. The molecule has 1 N–H and O–H groups in total. The summed E-state index contributed by atoms with van der Waals surface area (Å²) in [5.74, 6) is 0. The average Bonchev–Trinajstić information content (AvgIpc) is 3.62. The van der Waals surface area contributed by atoms with Crippen molar-refractivity contribution in [3.8, 4) is 22.3 Å². The van der Waals surface area contributed by atoms with Gasteiger partial charge in [0.2, 0.25) is 0 Å². The summed E-state index contributed by atoms with van der Waals surface area (Å²) in [7, 11) is 0. The standard InChI is InChI=1S/C43H29NO/c1-3-11-31(12-4-1)43(32-13-5-2-6-14-32)39-17-9-7-15-35(39)36-26-24-34(28-40(36)43)44-33-22-19-29(20-23-33)30-21-25-38-37-16-8-10-18-41(37)45-42(38)27-30/h1-28,44H. The largest absolute Gasteiger partial charge is 0.456 e. The van der Waals surface area contributed by atoms with Crippen LogP contribution in [0.4, 0.5) is 11.4 Å². The van der Waals surface area contributed by atoms with Gasteiger partial charge in [0.05, 0.1) is 5.41 Å². The number of rotatable bonds is 5. The molecule has 1 heterocycles. The van der Waals surface area contributed by atoms with Gasteiger partial charge in [-0.3, -0.25) is 0 Å². The van der Waals surface area contributed by atoms with Gasteiger partial charge in [0.25, 0.3) is 0 Å². The molecule has 1 aromatic heterocycles. The quantitative estimate of drug-likeness (QED) is 0.221. The molecule has 45 heavy (non-hydrogen) atoms. The monoisotopic (exact) mass is 575 g/mol. The molecule has 1 aliphatic rings. The van der Waals surface area contributed by atoms with Gasteiger partial charge in [0, 0.05) is 22.1 Å². The number of fused-ring (bicyclic) bond motifs is 6. The van der Waals surface area contributed by atoms with E-state index in [2.05, 4.69) is 163 Å². The first-order valence-corrected chi connectivity index (χ1v) is 15.4. The van der Waals surface area contributed by atoms with E-state index < -0.39 is 5.41 Å². The molecule has 0 saturated carbocycles. The molecule has 0 aliphatic heterocycles. The first-order valence-electron chi connectivity index (χ1n) is 15.4. The molecular weight excluding hydrogens is 546 g/mol. The smallest absolute Gasteiger partial charge is 0.136 e. The van der Waals surface area contributed by atoms with Gasteiger partial charge in [-0.2, -0.15) is 0 Å². The lowest BCUT2D eigenvalue weighted by atomic mass is 9.67. The molecule has 8 aromatic rings. The second-order valence-corrected chi connectivity index (χ2v) is 11.8. The Labute approximate surface area is 262 Å². The van der Waals surface area contributed by atoms with Crippen molar-refractivity contribution in [3.63, 3.8) is 0 Å². The molecule has 0 amide bonds. The zero-order valence-electron chi connectivity index (χ0n) is 24.6. The molecule has 1 aliphatic carbocycles. The van der Waals surface area contributed by atoms with E-state index in [0.29, 0.717) is 0 Å². The highest BCUT2D eigenvalue weighted by atomic mass is 16.3. The van der Waals surface area contributed by atoms with E-state index in [4.69, 9.17) is 4.42 Å². The molecule has 2 heteroatoms. The van der Waals surface area contributed by atoms with Crippen LogP contribution in [0.3, 0.4) is 0 Å². The van der Waals surface area contributed by atoms with Crippen LogP contribution in [0.2, 0.25) is 0 Å². The van der Waals surface area contributed by atoms with E-state index in [1.54, 1.807) is 0 Å². The highest BCUT2D eigenvalue weighted by Crippen LogP contribution is 2.56. The van der Waals surface area contributed by atoms with Crippen molar-refractivity contribution in [2.45, 2.75) is 5.41 Å². The second-order valence-electron chi connectivity index (χ2n) is 11.8. The topological polar surface area (TPSA) is 25.2 Å². The molecule has 0 atom stereocenters. The number of anilines is 2. The number of hydrogen-bond acceptors (Lipinski definition) is 2. The number of hydrogen-bond donors (Lipinski definition) is 1. The molecular formula is C43H29NO. The maximum atomic E-state index is 6.15. The van der Waals surface area contributed by atoms with Crippen molar-refractivity contribution >= 4 is 33.3 Å². The fraction of sp³-hybridized carbons (Fsp3) is 0.0233. The van der Waals surface area contributed by atoms with E-state index in [0.717, 1.165) is 44.4 Å². The first kappa shape index (κ1) is 25.6. The summed E-state index contributed by atoms with van der Waals surface area (Å²) >= 11 is 0. The summed E-state index contributed by atoms with van der Waals surface area (Å²) in [5.41, 5.74) is 13.5. The Morgan fingerprint density at radius 2 is 1.00 bits per heavy atom. The van der Waals surface area contributed by atoms with Gasteiger partial charge in [-0.05, 0) is 87.0 Å². The summed E-state index contributed by atoms with van der Waals surface area (Å²) in [6.07, 6.45) is 0. The molecule has 0 saturated heterocycles. The van der Waals surface area contributed by atoms with Crippen molar-refractivity contribution in [1.29, 1.82) is 0 Å². The minimum atomic E-state index is -0.411. The third-order valence-corrected chi connectivity index (χ3v) is 9.34. The summed E-state index contributed by atoms with van der Waals surface area (Å²) < 4.78 is 6.15. The van der Waals surface area contributed by atoms with Crippen LogP contribution < -0.4 is 5.32 Å². The predicted octanol–water partition coefficient (Wildman–Crippen LogP) is 11.4. The Bertz CT molecular complexity index is 2290. The van der Waals surface area contributed by atoms with E-state index >= 15 is 0 Å². The average molecular weight is 576 g/mol. The Balaban J connectivity index is 1.10. The van der Waals surface area contributed by atoms with Crippen molar-refractivity contribution in [2.24, 2.45) is 0 Å². The van der Waals surface area contributed by atoms with Crippen molar-refractivity contribution in [2.75, 3.05) is 5.32 Å². The van der Waals surface area contributed by atoms with E-state index in [-0.39, 0.29) is 0 Å². The van der Waals surface area contributed by atoms with E-state index in [1.165, 1.54) is 33.4 Å². The first-order chi connectivity index (χ1) is 22.3. The maximum absolute atomic E-state index is 6.15. The van der Waals surface area contributed by atoms with Crippen LogP contribution in [0.15, 0.2) is 174 Å². The Hall–Kier alpha value is -5.86. The SMILES string of the molecule is c1ccc(C2(c3ccccc3)c3ccccc3-c3ccc(Nc4ccc(-c5ccc6c(c5)oc5ccccc56)cc4)cc32)cc1. The minimum absolute atomic E-state index is 0.411. The molecule has 0 fully saturated rings. The zero-order chi connectivity index (χ0) is 29.8. The molecule has 0 radical (unpaired) electrons. The fourth-order valence-corrected chi connectivity index (χ4v) is 7.34. The molecule has 0 bridgehead atoms. The van der Waals surface area contributed by atoms with Crippen molar-refractivity contribution in [3.05, 3.63) is 192 Å². The van der Waals surface area contributed by atoms with Crippen LogP contribution in [0.25, 0.3) is 44.2 Å². The van der Waals surface area contributed by atoms with Gasteiger partial charge in [-0.25, -0.2) is 0 Å². The molecule has 0 unspecified atom stereocenters. The van der Waals surface area contributed by atoms with Crippen molar-refractivity contribution < 1.29 is 4.42 Å². The van der Waals surface area contributed by atoms with Crippen LogP contribution in [-0.4, -0.2) is 0 Å². The van der Waals surface area contributed by atoms with Crippen LogP contribution in [0, 0.1) is 0 Å². The van der Waals surface area contributed by atoms with Gasteiger partial charge in [0.1, 0.15) is 11.2 Å². The van der Waals surface area contributed by atoms with Gasteiger partial charge in [0.15, 0.2) is 0 Å². The predicted molar refractivity (Wildman–Crippen MR) is 186 cm³/mol. The highest BCUT2D eigenvalue weighted by Gasteiger charge is 2.46. The van der Waals surface area contributed by atoms with E-state index in [9.17, 15) is 0 Å². The molecule has 2 nitrogen and oxygen atoms in total. The third kappa shape index (κ3) is 3.96. The Morgan fingerprint density at radius 3 is 1.78 bits per heavy atom. The minimum Gasteiger partial charge on any atom is -0.456 e. The zero-order valence-corrected chi connectivity index (χ0v) is 24.6. The van der Waals surface area contributed by atoms with Crippen LogP contribution in [0.5, 0.6) is 0 Å². The van der Waals surface area contributed by atoms with Gasteiger partial charge in [-0.1, -0.05) is 127 Å². The summed E-state index contributed by atoms with van der Waals surface area (Å²) in [4.78, 5) is 0. The van der Waals surface area contributed by atoms with Crippen LogP contribution >= 0.6 is 0 Å². The van der Waals surface area contributed by atoms with E-state index in [1.807, 2.05) is 12.1 Å². The second kappa shape index (κ2) is 10.1. The summed E-state index contributed by atoms with van der Waals surface area (Å²) in [6.45, 7) is 0. The lowest BCUT2D eigenvalue weighted by Gasteiger charge is -2.34. The lowest BCUT2D eigenvalue weighted by Crippen LogP contribution is -2.28. The molecule has 7 aromatic carbocycles. The number of furan rings is 1. The van der Waals surface area contributed by atoms with Crippen molar-refractivity contribution in [1.82, 2.24) is 0 Å². The molecule has 212 valence electrons. The Morgan fingerprint density at radius 1 is 0.400 bits per heavy atom. The third-order valence-electron chi connectivity index (χ3n) is 9.34. The number of benzene rings is 7. The van der Waals surface area contributed by atoms with Gasteiger partial charge < -0.3 is 9.73 Å². The summed E-state index contributed by atoms with van der Waals surface area (Å²) in [5, 5.41) is 6.01. The van der Waals surface area contributed by atoms with Gasteiger partial charge >= 0.3 is 0 Å². The number of nitrogens with one attached hydrogen (secondary N) is 1. The van der Waals surface area contributed by atoms with Crippen LogP contribution in [0.1, 0.15) is 22.3 Å². The number of para-hydroxylation sites is 1.